The highest BCUT2D eigenvalue weighted by molar-refractivity contribution is 5.65. The van der Waals surface area contributed by atoms with Crippen LogP contribution in [0.2, 0.25) is 0 Å². The first kappa shape index (κ1) is 18.8. The molecule has 5 nitrogen and oxygen atoms in total. The Morgan fingerprint density at radius 1 is 1.07 bits per heavy atom. The molecule has 1 N–H and O–H groups in total. The van der Waals surface area contributed by atoms with Crippen LogP contribution in [0.3, 0.4) is 0 Å². The Balaban J connectivity index is 1.93. The van der Waals surface area contributed by atoms with Crippen LogP contribution in [0.4, 0.5) is 0 Å². The fourth-order valence-electron chi connectivity index (χ4n) is 3.28. The molecule has 0 radical (unpaired) electrons. The maximum absolute atomic E-state index is 9.84. The molecule has 0 saturated heterocycles. The van der Waals surface area contributed by atoms with Crippen LogP contribution in [0.25, 0.3) is 11.3 Å². The summed E-state index contributed by atoms with van der Waals surface area (Å²) in [5.74, 6) is 1.61. The summed E-state index contributed by atoms with van der Waals surface area (Å²) in [6, 6.07) is 15.7. The Hall–Kier alpha value is -2.95. The number of hydrogen-bond acceptors (Lipinski definition) is 5. The largest absolute Gasteiger partial charge is 0.504 e. The maximum Gasteiger partial charge on any atom is 0.161 e. The molecule has 2 aromatic carbocycles. The van der Waals surface area contributed by atoms with E-state index in [9.17, 15) is 5.11 Å². The number of rotatable bonds is 7. The average Bonchev–Trinajstić information content (AvgIpc) is 2.70. The smallest absolute Gasteiger partial charge is 0.161 e. The summed E-state index contributed by atoms with van der Waals surface area (Å²) >= 11 is 0. The Morgan fingerprint density at radius 3 is 2.56 bits per heavy atom. The molecule has 27 heavy (non-hydrogen) atoms. The third-order valence-electron chi connectivity index (χ3n) is 4.69. The molecule has 1 unspecified atom stereocenters. The van der Waals surface area contributed by atoms with Crippen LogP contribution in [0.5, 0.6) is 11.5 Å². The molecule has 3 aromatic rings. The lowest BCUT2D eigenvalue weighted by Gasteiger charge is -2.16. The van der Waals surface area contributed by atoms with Gasteiger partial charge in [-0.2, -0.15) is 5.10 Å². The lowest BCUT2D eigenvalue weighted by atomic mass is 9.91. The van der Waals surface area contributed by atoms with E-state index >= 15 is 0 Å². The first-order valence-corrected chi connectivity index (χ1v) is 9.24. The zero-order valence-electron chi connectivity index (χ0n) is 16.0. The highest BCUT2D eigenvalue weighted by Crippen LogP contribution is 2.32. The van der Waals surface area contributed by atoms with Crippen LogP contribution in [-0.2, 0) is 6.42 Å². The Labute approximate surface area is 160 Å². The number of aryl methyl sites for hydroxylation is 1. The number of aromatic hydroxyl groups is 1. The molecular formula is C22H25N3O2. The van der Waals surface area contributed by atoms with Gasteiger partial charge in [0.1, 0.15) is 0 Å². The van der Waals surface area contributed by atoms with Crippen molar-refractivity contribution in [3.05, 3.63) is 65.6 Å². The third-order valence-corrected chi connectivity index (χ3v) is 4.69. The van der Waals surface area contributed by atoms with Crippen LogP contribution < -0.4 is 4.74 Å². The minimum absolute atomic E-state index is 0.105. The molecule has 0 spiro atoms. The molecule has 0 aliphatic rings. The Bertz CT molecular complexity index is 897. The van der Waals surface area contributed by atoms with E-state index in [1.807, 2.05) is 19.1 Å². The van der Waals surface area contributed by atoms with Crippen LogP contribution in [0, 0.1) is 6.92 Å². The van der Waals surface area contributed by atoms with E-state index in [1.165, 1.54) is 12.7 Å². The molecular weight excluding hydrogens is 338 g/mol. The van der Waals surface area contributed by atoms with Gasteiger partial charge >= 0.3 is 0 Å². The second kappa shape index (κ2) is 8.62. The van der Waals surface area contributed by atoms with E-state index in [2.05, 4.69) is 41.4 Å². The third kappa shape index (κ3) is 4.42. The molecule has 0 aliphatic heterocycles. The van der Waals surface area contributed by atoms with Crippen molar-refractivity contribution in [2.24, 2.45) is 0 Å². The summed E-state index contributed by atoms with van der Waals surface area (Å²) in [7, 11) is 1.53. The van der Waals surface area contributed by atoms with Crippen molar-refractivity contribution in [2.75, 3.05) is 7.11 Å². The standard InChI is InChI=1S/C22H25N3O2/c1-4-8-17(16-9-6-5-7-10-16)14-21-23-22(15(2)24-25-21)18-11-12-19(26)20(13-18)27-3/h5-7,9-13,17,26H,4,8,14H2,1-3H3. The SMILES string of the molecule is CCCC(Cc1nnc(C)c(-c2ccc(O)c(OC)c2)n1)c1ccccc1. The van der Waals surface area contributed by atoms with Crippen molar-refractivity contribution < 1.29 is 9.84 Å². The predicted octanol–water partition coefficient (Wildman–Crippen LogP) is 4.69. The lowest BCUT2D eigenvalue weighted by Crippen LogP contribution is -2.09. The van der Waals surface area contributed by atoms with Crippen LogP contribution in [0.15, 0.2) is 48.5 Å². The van der Waals surface area contributed by atoms with Gasteiger partial charge in [-0.3, -0.25) is 0 Å². The number of aromatic nitrogens is 3. The highest BCUT2D eigenvalue weighted by Gasteiger charge is 2.16. The molecule has 0 bridgehead atoms. The molecule has 1 atom stereocenters. The van der Waals surface area contributed by atoms with Crippen molar-refractivity contribution in [3.8, 4) is 22.8 Å². The molecule has 0 aliphatic carbocycles. The lowest BCUT2D eigenvalue weighted by molar-refractivity contribution is 0.373. The van der Waals surface area contributed by atoms with E-state index < -0.39 is 0 Å². The Kier molecular flexibility index (Phi) is 6.01. The van der Waals surface area contributed by atoms with Crippen LogP contribution in [-0.4, -0.2) is 27.4 Å². The summed E-state index contributed by atoms with van der Waals surface area (Å²) in [5, 5.41) is 18.5. The summed E-state index contributed by atoms with van der Waals surface area (Å²) in [6.45, 7) is 4.08. The van der Waals surface area contributed by atoms with Gasteiger partial charge in [0.25, 0.3) is 0 Å². The van der Waals surface area contributed by atoms with E-state index in [0.29, 0.717) is 11.7 Å². The van der Waals surface area contributed by atoms with E-state index in [-0.39, 0.29) is 5.75 Å². The van der Waals surface area contributed by atoms with E-state index in [4.69, 9.17) is 9.72 Å². The molecule has 140 valence electrons. The topological polar surface area (TPSA) is 68.1 Å². The van der Waals surface area contributed by atoms with Gasteiger partial charge in [-0.05, 0) is 43.0 Å². The molecule has 0 amide bonds. The summed E-state index contributed by atoms with van der Waals surface area (Å²) in [6.07, 6.45) is 2.91. The zero-order valence-corrected chi connectivity index (χ0v) is 16.0. The van der Waals surface area contributed by atoms with Gasteiger partial charge in [0, 0.05) is 12.0 Å². The van der Waals surface area contributed by atoms with Gasteiger partial charge in [-0.25, -0.2) is 4.98 Å². The molecule has 1 heterocycles. The molecule has 1 aromatic heterocycles. The minimum Gasteiger partial charge on any atom is -0.504 e. The van der Waals surface area contributed by atoms with Gasteiger partial charge < -0.3 is 9.84 Å². The predicted molar refractivity (Wildman–Crippen MR) is 106 cm³/mol. The van der Waals surface area contributed by atoms with Crippen LogP contribution in [0.1, 0.15) is 42.8 Å². The number of nitrogens with zero attached hydrogens (tertiary/aromatic N) is 3. The fraction of sp³-hybridized carbons (Fsp3) is 0.318. The quantitative estimate of drug-likeness (QED) is 0.660. The number of benzene rings is 2. The molecule has 0 fully saturated rings. The Morgan fingerprint density at radius 2 is 1.85 bits per heavy atom. The number of phenolic OH excluding ortho intramolecular Hbond substituents is 1. The number of hydrogen-bond donors (Lipinski definition) is 1. The molecule has 3 rings (SSSR count). The summed E-state index contributed by atoms with van der Waals surface area (Å²) < 4.78 is 5.22. The number of methoxy groups -OCH3 is 1. The second-order valence-electron chi connectivity index (χ2n) is 6.65. The van der Waals surface area contributed by atoms with Crippen molar-refractivity contribution in [1.82, 2.24) is 15.2 Å². The van der Waals surface area contributed by atoms with Gasteiger partial charge in [0.05, 0.1) is 18.5 Å². The highest BCUT2D eigenvalue weighted by atomic mass is 16.5. The van der Waals surface area contributed by atoms with Crippen molar-refractivity contribution in [3.63, 3.8) is 0 Å². The summed E-state index contributed by atoms with van der Waals surface area (Å²) in [5.41, 5.74) is 3.67. The monoisotopic (exact) mass is 363 g/mol. The first-order valence-electron chi connectivity index (χ1n) is 9.24. The van der Waals surface area contributed by atoms with Gasteiger partial charge in [-0.1, -0.05) is 43.7 Å². The molecule has 5 heteroatoms. The normalized spacial score (nSPS) is 12.0. The van der Waals surface area contributed by atoms with Gasteiger partial charge in [-0.15, -0.1) is 5.10 Å². The zero-order chi connectivity index (χ0) is 19.2. The second-order valence-corrected chi connectivity index (χ2v) is 6.65. The van der Waals surface area contributed by atoms with E-state index in [0.717, 1.165) is 42.0 Å². The van der Waals surface area contributed by atoms with Gasteiger partial charge in [0.2, 0.25) is 0 Å². The van der Waals surface area contributed by atoms with Crippen LogP contribution >= 0.6 is 0 Å². The average molecular weight is 363 g/mol. The van der Waals surface area contributed by atoms with E-state index in [1.54, 1.807) is 12.1 Å². The number of phenols is 1. The maximum atomic E-state index is 9.84. The van der Waals surface area contributed by atoms with Crippen molar-refractivity contribution >= 4 is 0 Å². The number of ether oxygens (including phenoxy) is 1. The van der Waals surface area contributed by atoms with Gasteiger partial charge in [0.15, 0.2) is 17.3 Å². The first-order chi connectivity index (χ1) is 13.1. The summed E-state index contributed by atoms with van der Waals surface area (Å²) in [4.78, 5) is 4.78. The molecule has 0 saturated carbocycles. The van der Waals surface area contributed by atoms with Crippen molar-refractivity contribution in [2.45, 2.75) is 39.0 Å². The van der Waals surface area contributed by atoms with Crippen molar-refractivity contribution in [1.29, 1.82) is 0 Å². The minimum atomic E-state index is 0.105. The fourth-order valence-corrected chi connectivity index (χ4v) is 3.28.